The normalized spacial score (nSPS) is 11.7. The van der Waals surface area contributed by atoms with Crippen molar-refractivity contribution in [3.8, 4) is 5.75 Å². The standard InChI is InChI=1S/C10H8F5NOS/c11-8(12)4-17-7-2-1-5(9(16)18)3-6(7)10(13,14)15/h1-3,8H,4H2,(H2,16,18). The van der Waals surface area contributed by atoms with Crippen molar-refractivity contribution >= 4 is 17.2 Å². The predicted octanol–water partition coefficient (Wildman–Crippen LogP) is 2.98. The van der Waals surface area contributed by atoms with Crippen LogP contribution >= 0.6 is 12.2 Å². The van der Waals surface area contributed by atoms with Crippen LogP contribution in [-0.2, 0) is 6.18 Å². The van der Waals surface area contributed by atoms with Crippen molar-refractivity contribution in [2.24, 2.45) is 5.73 Å². The van der Waals surface area contributed by atoms with E-state index in [-0.39, 0.29) is 10.6 Å². The first-order chi connectivity index (χ1) is 8.21. The van der Waals surface area contributed by atoms with Crippen LogP contribution in [0.15, 0.2) is 18.2 Å². The van der Waals surface area contributed by atoms with Gasteiger partial charge in [-0.3, -0.25) is 0 Å². The van der Waals surface area contributed by atoms with Crippen molar-refractivity contribution in [1.29, 1.82) is 0 Å². The average Bonchev–Trinajstić information content (AvgIpc) is 2.24. The largest absolute Gasteiger partial charge is 0.487 e. The molecule has 0 spiro atoms. The van der Waals surface area contributed by atoms with Gasteiger partial charge in [-0.25, -0.2) is 8.78 Å². The van der Waals surface area contributed by atoms with Crippen LogP contribution in [0.3, 0.4) is 0 Å². The number of rotatable bonds is 4. The zero-order chi connectivity index (χ0) is 13.9. The van der Waals surface area contributed by atoms with E-state index in [1.807, 2.05) is 0 Å². The summed E-state index contributed by atoms with van der Waals surface area (Å²) < 4.78 is 66.2. The molecule has 1 aromatic carbocycles. The number of benzene rings is 1. The third-order valence-corrected chi connectivity index (χ3v) is 2.17. The summed E-state index contributed by atoms with van der Waals surface area (Å²) in [6, 6.07) is 2.77. The number of alkyl halides is 5. The van der Waals surface area contributed by atoms with Gasteiger partial charge in [0.25, 0.3) is 6.43 Å². The molecular formula is C10H8F5NOS. The van der Waals surface area contributed by atoms with E-state index in [9.17, 15) is 22.0 Å². The number of halogens is 5. The lowest BCUT2D eigenvalue weighted by molar-refractivity contribution is -0.139. The average molecular weight is 285 g/mol. The van der Waals surface area contributed by atoms with Gasteiger partial charge in [-0.2, -0.15) is 13.2 Å². The Kier molecular flexibility index (Phi) is 4.44. The van der Waals surface area contributed by atoms with Crippen molar-refractivity contribution in [1.82, 2.24) is 0 Å². The minimum Gasteiger partial charge on any atom is -0.487 e. The second-order valence-electron chi connectivity index (χ2n) is 3.28. The quantitative estimate of drug-likeness (QED) is 0.682. The van der Waals surface area contributed by atoms with E-state index in [1.54, 1.807) is 0 Å². The van der Waals surface area contributed by atoms with Gasteiger partial charge in [0.05, 0.1) is 5.56 Å². The maximum Gasteiger partial charge on any atom is 0.419 e. The van der Waals surface area contributed by atoms with Crippen molar-refractivity contribution in [3.63, 3.8) is 0 Å². The van der Waals surface area contributed by atoms with Crippen molar-refractivity contribution in [2.75, 3.05) is 6.61 Å². The summed E-state index contributed by atoms with van der Waals surface area (Å²) >= 11 is 4.54. The summed E-state index contributed by atoms with van der Waals surface area (Å²) in [5.41, 5.74) is 4.00. The molecule has 1 aromatic rings. The highest BCUT2D eigenvalue weighted by Crippen LogP contribution is 2.37. The Morgan fingerprint density at radius 3 is 2.39 bits per heavy atom. The van der Waals surface area contributed by atoms with Gasteiger partial charge in [0.1, 0.15) is 17.3 Å². The number of hydrogen-bond donors (Lipinski definition) is 1. The van der Waals surface area contributed by atoms with Crippen LogP contribution < -0.4 is 10.5 Å². The predicted molar refractivity (Wildman–Crippen MR) is 58.8 cm³/mol. The van der Waals surface area contributed by atoms with E-state index in [0.717, 1.165) is 6.07 Å². The number of hydrogen-bond acceptors (Lipinski definition) is 2. The lowest BCUT2D eigenvalue weighted by atomic mass is 10.1. The number of ether oxygens (including phenoxy) is 1. The molecule has 0 bridgehead atoms. The molecule has 0 aliphatic heterocycles. The molecule has 0 aliphatic carbocycles. The molecule has 1 rings (SSSR count). The minimum atomic E-state index is -4.74. The molecule has 0 aromatic heterocycles. The lowest BCUT2D eigenvalue weighted by Crippen LogP contribution is -2.15. The van der Waals surface area contributed by atoms with Crippen LogP contribution in [0.1, 0.15) is 11.1 Å². The second kappa shape index (κ2) is 5.47. The van der Waals surface area contributed by atoms with Crippen molar-refractivity contribution in [3.05, 3.63) is 29.3 Å². The Hall–Kier alpha value is -1.44. The van der Waals surface area contributed by atoms with E-state index in [0.29, 0.717) is 6.07 Å². The van der Waals surface area contributed by atoms with Crippen LogP contribution in [0, 0.1) is 0 Å². The Morgan fingerprint density at radius 1 is 1.33 bits per heavy atom. The van der Waals surface area contributed by atoms with Crippen molar-refractivity contribution in [2.45, 2.75) is 12.6 Å². The summed E-state index contributed by atoms with van der Waals surface area (Å²) in [6.45, 7) is -1.12. The van der Waals surface area contributed by atoms with Crippen LogP contribution in [0.5, 0.6) is 5.75 Å². The molecule has 0 radical (unpaired) electrons. The second-order valence-corrected chi connectivity index (χ2v) is 3.71. The first kappa shape index (κ1) is 14.6. The van der Waals surface area contributed by atoms with Gasteiger partial charge in [0, 0.05) is 5.56 Å². The molecule has 0 saturated carbocycles. The Bertz CT molecular complexity index is 446. The van der Waals surface area contributed by atoms with Crippen molar-refractivity contribution < 1.29 is 26.7 Å². The maximum absolute atomic E-state index is 12.7. The minimum absolute atomic E-state index is 0.0123. The molecule has 0 saturated heterocycles. The fourth-order valence-corrected chi connectivity index (χ4v) is 1.31. The van der Waals surface area contributed by atoms with Gasteiger partial charge in [0.15, 0.2) is 0 Å². The highest BCUT2D eigenvalue weighted by molar-refractivity contribution is 7.80. The van der Waals surface area contributed by atoms with Gasteiger partial charge in [-0.05, 0) is 18.2 Å². The molecule has 0 fully saturated rings. The molecule has 2 N–H and O–H groups in total. The van der Waals surface area contributed by atoms with Crippen LogP contribution in [0.4, 0.5) is 22.0 Å². The number of thiocarbonyl (C=S) groups is 1. The zero-order valence-corrected chi connectivity index (χ0v) is 9.62. The Labute approximate surface area is 105 Å². The van der Waals surface area contributed by atoms with E-state index >= 15 is 0 Å². The van der Waals surface area contributed by atoms with Crippen LogP contribution in [0.2, 0.25) is 0 Å². The fourth-order valence-electron chi connectivity index (χ4n) is 1.18. The highest BCUT2D eigenvalue weighted by atomic mass is 32.1. The molecule has 0 aliphatic rings. The molecular weight excluding hydrogens is 277 g/mol. The summed E-state index contributed by atoms with van der Waals surface area (Å²) in [6.07, 6.45) is -7.60. The van der Waals surface area contributed by atoms with Gasteiger partial charge in [0.2, 0.25) is 0 Å². The van der Waals surface area contributed by atoms with Gasteiger partial charge >= 0.3 is 6.18 Å². The first-order valence-corrected chi connectivity index (χ1v) is 5.04. The summed E-state index contributed by atoms with van der Waals surface area (Å²) in [7, 11) is 0. The first-order valence-electron chi connectivity index (χ1n) is 4.64. The van der Waals surface area contributed by atoms with E-state index in [1.165, 1.54) is 6.07 Å². The maximum atomic E-state index is 12.7. The van der Waals surface area contributed by atoms with E-state index < -0.39 is 30.5 Å². The highest BCUT2D eigenvalue weighted by Gasteiger charge is 2.35. The molecule has 8 heteroatoms. The molecule has 100 valence electrons. The fraction of sp³-hybridized carbons (Fsp3) is 0.300. The third-order valence-electron chi connectivity index (χ3n) is 1.93. The van der Waals surface area contributed by atoms with Gasteiger partial charge < -0.3 is 10.5 Å². The summed E-state index contributed by atoms with van der Waals surface area (Å²) in [4.78, 5) is -0.221. The SMILES string of the molecule is NC(=S)c1ccc(OCC(F)F)c(C(F)(F)F)c1. The van der Waals surface area contributed by atoms with Crippen LogP contribution in [0.25, 0.3) is 0 Å². The third kappa shape index (κ3) is 3.80. The Morgan fingerprint density at radius 2 is 1.94 bits per heavy atom. The zero-order valence-electron chi connectivity index (χ0n) is 8.80. The van der Waals surface area contributed by atoms with Gasteiger partial charge in [-0.1, -0.05) is 12.2 Å². The van der Waals surface area contributed by atoms with E-state index in [4.69, 9.17) is 5.73 Å². The molecule has 0 unspecified atom stereocenters. The van der Waals surface area contributed by atoms with Crippen LogP contribution in [-0.4, -0.2) is 18.0 Å². The topological polar surface area (TPSA) is 35.2 Å². The molecule has 0 heterocycles. The number of nitrogens with two attached hydrogens (primary N) is 1. The molecule has 2 nitrogen and oxygen atoms in total. The molecule has 18 heavy (non-hydrogen) atoms. The Balaban J connectivity index is 3.13. The molecule has 0 amide bonds. The lowest BCUT2D eigenvalue weighted by Gasteiger charge is -2.14. The molecule has 0 atom stereocenters. The van der Waals surface area contributed by atoms with Gasteiger partial charge in [-0.15, -0.1) is 0 Å². The summed E-state index contributed by atoms with van der Waals surface area (Å²) in [5.74, 6) is -0.678. The smallest absolute Gasteiger partial charge is 0.419 e. The monoisotopic (exact) mass is 285 g/mol. The summed E-state index contributed by atoms with van der Waals surface area (Å²) in [5, 5.41) is 0. The van der Waals surface area contributed by atoms with E-state index in [2.05, 4.69) is 17.0 Å².